The van der Waals surface area contributed by atoms with Crippen molar-refractivity contribution < 1.29 is 0 Å². The van der Waals surface area contributed by atoms with Gasteiger partial charge in [0.05, 0.1) is 0 Å². The maximum atomic E-state index is 2.63. The van der Waals surface area contributed by atoms with Crippen LogP contribution in [0.2, 0.25) is 0 Å². The molecule has 35 heavy (non-hydrogen) atoms. The Bertz CT molecular complexity index is 564. The van der Waals surface area contributed by atoms with E-state index in [0.717, 1.165) is 0 Å². The zero-order chi connectivity index (χ0) is 28.5. The zero-order valence-corrected chi connectivity index (χ0v) is 28.5. The van der Waals surface area contributed by atoms with Crippen LogP contribution in [0, 0.1) is 54.1 Å². The van der Waals surface area contributed by atoms with Crippen LogP contribution in [0.15, 0.2) is 0 Å². The van der Waals surface area contributed by atoms with Gasteiger partial charge in [-0.2, -0.15) is 0 Å². The molecular formula is C35H70. The van der Waals surface area contributed by atoms with Gasteiger partial charge in [0.25, 0.3) is 0 Å². The summed E-state index contributed by atoms with van der Waals surface area (Å²) in [6.07, 6.45) is 6.19. The molecule has 1 fully saturated rings. The maximum Gasteiger partial charge on any atom is -0.0117 e. The summed E-state index contributed by atoms with van der Waals surface area (Å²) >= 11 is 0. The molecule has 1 rings (SSSR count). The second-order valence-electron chi connectivity index (χ2n) is 17.5. The van der Waals surface area contributed by atoms with E-state index < -0.39 is 0 Å². The summed E-state index contributed by atoms with van der Waals surface area (Å²) < 4.78 is 0. The van der Waals surface area contributed by atoms with Gasteiger partial charge >= 0.3 is 0 Å². The van der Waals surface area contributed by atoms with E-state index in [4.69, 9.17) is 0 Å². The minimum absolute atomic E-state index is 0.152. The molecule has 0 spiro atoms. The third kappa shape index (κ3) is 3.16. The summed E-state index contributed by atoms with van der Waals surface area (Å²) in [5, 5.41) is 0. The van der Waals surface area contributed by atoms with Gasteiger partial charge in [0.15, 0.2) is 0 Å². The molecule has 0 saturated heterocycles. The van der Waals surface area contributed by atoms with E-state index in [1.165, 1.54) is 32.1 Å². The van der Waals surface area contributed by atoms with Crippen LogP contribution >= 0.6 is 0 Å². The lowest BCUT2D eigenvalue weighted by atomic mass is 9.33. The summed E-state index contributed by atoms with van der Waals surface area (Å²) in [5.74, 6) is 0. The van der Waals surface area contributed by atoms with Gasteiger partial charge in [-0.25, -0.2) is 0 Å². The highest BCUT2D eigenvalue weighted by atomic mass is 14.9. The van der Waals surface area contributed by atoms with Gasteiger partial charge in [0, 0.05) is 0 Å². The van der Waals surface area contributed by atoms with E-state index in [2.05, 4.69) is 138 Å². The molecule has 210 valence electrons. The molecule has 0 heteroatoms. The van der Waals surface area contributed by atoms with Crippen LogP contribution in [0.5, 0.6) is 0 Å². The predicted octanol–water partition coefficient (Wildman–Crippen LogP) is 12.2. The third-order valence-electron chi connectivity index (χ3n) is 12.7. The highest BCUT2D eigenvalue weighted by Crippen LogP contribution is 2.96. The molecule has 0 aromatic heterocycles. The molecule has 0 amide bonds. The van der Waals surface area contributed by atoms with Gasteiger partial charge in [-0.15, -0.1) is 0 Å². The van der Waals surface area contributed by atoms with E-state index >= 15 is 0 Å². The van der Waals surface area contributed by atoms with Crippen molar-refractivity contribution in [2.45, 2.75) is 171 Å². The first-order valence-corrected chi connectivity index (χ1v) is 15.3. The molecule has 1 aliphatic rings. The standard InChI is InChI=1S/C35H70/c1-21-31(26(6,7)8)32(22-2,27(9,10)11)34(24-4,29(15,16)17)35(25-5,30(18,19)20)33(31,23-3)28(12,13)14/h21-25H2,1-20H3. The first-order chi connectivity index (χ1) is 15.3. The van der Waals surface area contributed by atoms with Crippen LogP contribution in [0.25, 0.3) is 0 Å². The van der Waals surface area contributed by atoms with Crippen LogP contribution in [0.4, 0.5) is 0 Å². The number of hydrogen-bond acceptors (Lipinski definition) is 0. The second-order valence-corrected chi connectivity index (χ2v) is 17.5. The van der Waals surface area contributed by atoms with Crippen molar-refractivity contribution in [1.82, 2.24) is 0 Å². The van der Waals surface area contributed by atoms with Gasteiger partial charge < -0.3 is 0 Å². The Morgan fingerprint density at radius 2 is 0.343 bits per heavy atom. The molecule has 0 heterocycles. The van der Waals surface area contributed by atoms with Gasteiger partial charge in [-0.3, -0.25) is 0 Å². The summed E-state index contributed by atoms with van der Waals surface area (Å²) in [5.41, 5.74) is 1.54. The topological polar surface area (TPSA) is 0 Å². The maximum absolute atomic E-state index is 2.63. The van der Waals surface area contributed by atoms with Crippen LogP contribution < -0.4 is 0 Å². The minimum Gasteiger partial charge on any atom is -0.0648 e. The van der Waals surface area contributed by atoms with Gasteiger partial charge in [0.1, 0.15) is 0 Å². The highest BCUT2D eigenvalue weighted by molar-refractivity contribution is 5.38. The van der Waals surface area contributed by atoms with Crippen molar-refractivity contribution in [2.24, 2.45) is 54.1 Å². The van der Waals surface area contributed by atoms with Crippen LogP contribution in [0.3, 0.4) is 0 Å². The van der Waals surface area contributed by atoms with Gasteiger partial charge in [0.2, 0.25) is 0 Å². The first kappa shape index (κ1) is 33.0. The lowest BCUT2D eigenvalue weighted by Crippen LogP contribution is -2.66. The predicted molar refractivity (Wildman–Crippen MR) is 161 cm³/mol. The molecular weight excluding hydrogens is 420 g/mol. The summed E-state index contributed by atoms with van der Waals surface area (Å²) in [6, 6.07) is 0. The largest absolute Gasteiger partial charge is 0.0648 e. The van der Waals surface area contributed by atoms with Crippen molar-refractivity contribution in [2.75, 3.05) is 0 Å². The fourth-order valence-electron chi connectivity index (χ4n) is 13.9. The second kappa shape index (κ2) is 8.76. The normalized spacial score (nSPS) is 37.7. The molecule has 0 unspecified atom stereocenters. The Labute approximate surface area is 224 Å². The number of rotatable bonds is 5. The molecule has 0 nitrogen and oxygen atoms in total. The molecule has 0 aliphatic heterocycles. The summed E-state index contributed by atoms with van der Waals surface area (Å²) in [6.45, 7) is 52.3. The molecule has 0 bridgehead atoms. The van der Waals surface area contributed by atoms with E-state index in [1.54, 1.807) is 0 Å². The Morgan fingerprint density at radius 3 is 0.371 bits per heavy atom. The van der Waals surface area contributed by atoms with Crippen molar-refractivity contribution >= 4 is 0 Å². The molecule has 0 aromatic carbocycles. The summed E-state index contributed by atoms with van der Waals surface area (Å²) in [4.78, 5) is 0. The Hall–Kier alpha value is 0. The SMILES string of the molecule is CCC1(C(C)(C)C)C(CC)(C(C)(C)C)C(CC)(C(C)(C)C)C(CC)(C(C)(C)C)C1(CC)C(C)(C)C. The molecule has 1 aliphatic carbocycles. The average molecular weight is 491 g/mol. The van der Waals surface area contributed by atoms with E-state index in [0.29, 0.717) is 0 Å². The van der Waals surface area contributed by atoms with Gasteiger partial charge in [-0.05, 0) is 86.3 Å². The molecule has 0 atom stereocenters. The molecule has 1 saturated carbocycles. The zero-order valence-electron chi connectivity index (χ0n) is 28.5. The Morgan fingerprint density at radius 1 is 0.257 bits per heavy atom. The highest BCUT2D eigenvalue weighted by Gasteiger charge is 2.91. The quantitative estimate of drug-likeness (QED) is 0.359. The molecule has 0 aromatic rings. The summed E-state index contributed by atoms with van der Waals surface area (Å²) in [7, 11) is 0. The van der Waals surface area contributed by atoms with Crippen molar-refractivity contribution in [3.63, 3.8) is 0 Å². The lowest BCUT2D eigenvalue weighted by molar-refractivity contribution is -0.238. The first-order valence-electron chi connectivity index (χ1n) is 15.3. The third-order valence-corrected chi connectivity index (χ3v) is 12.7. The van der Waals surface area contributed by atoms with E-state index in [1.807, 2.05) is 0 Å². The lowest BCUT2D eigenvalue weighted by Gasteiger charge is -2.71. The van der Waals surface area contributed by atoms with Gasteiger partial charge in [-0.1, -0.05) is 138 Å². The van der Waals surface area contributed by atoms with Crippen LogP contribution in [-0.2, 0) is 0 Å². The van der Waals surface area contributed by atoms with Crippen LogP contribution in [0.1, 0.15) is 171 Å². The minimum atomic E-state index is 0.152. The fourth-order valence-corrected chi connectivity index (χ4v) is 13.9. The van der Waals surface area contributed by atoms with E-state index in [-0.39, 0.29) is 54.1 Å². The van der Waals surface area contributed by atoms with Crippen LogP contribution in [-0.4, -0.2) is 0 Å². The Balaban J connectivity index is 5.19. The van der Waals surface area contributed by atoms with Crippen molar-refractivity contribution in [1.29, 1.82) is 0 Å². The monoisotopic (exact) mass is 491 g/mol. The van der Waals surface area contributed by atoms with Crippen molar-refractivity contribution in [3.8, 4) is 0 Å². The van der Waals surface area contributed by atoms with E-state index in [9.17, 15) is 0 Å². The average Bonchev–Trinajstić information content (AvgIpc) is 2.84. The number of hydrogen-bond donors (Lipinski definition) is 0. The smallest absolute Gasteiger partial charge is 0.0117 e. The fraction of sp³-hybridized carbons (Fsp3) is 1.00. The molecule has 0 N–H and O–H groups in total. The molecule has 0 radical (unpaired) electrons. The van der Waals surface area contributed by atoms with Crippen molar-refractivity contribution in [3.05, 3.63) is 0 Å². The Kier molecular flexibility index (Phi) is 8.27.